The van der Waals surface area contributed by atoms with Gasteiger partial charge in [-0.25, -0.2) is 0 Å². The molecule has 0 radical (unpaired) electrons. The molecule has 0 amide bonds. The summed E-state index contributed by atoms with van der Waals surface area (Å²) in [5, 5.41) is 22.7. The van der Waals surface area contributed by atoms with Crippen molar-refractivity contribution in [2.75, 3.05) is 34.8 Å². The molecule has 2 N–H and O–H groups in total. The second-order valence-corrected chi connectivity index (χ2v) is 14.1. The molecule has 12 heteroatoms. The predicted octanol–water partition coefficient (Wildman–Crippen LogP) is 2.41. The molecule has 45 heavy (non-hydrogen) atoms. The Bertz CT molecular complexity index is 1010. The molecule has 0 aromatic rings. The van der Waals surface area contributed by atoms with Crippen LogP contribution < -0.4 is 0 Å². The van der Waals surface area contributed by atoms with Gasteiger partial charge in [0.05, 0.1) is 23.9 Å². The number of ketones is 1. The lowest BCUT2D eigenvalue weighted by Gasteiger charge is -2.47. The maximum absolute atomic E-state index is 14.1. The topological polar surface area (TPSA) is 144 Å². The minimum Gasteiger partial charge on any atom is -0.459 e. The van der Waals surface area contributed by atoms with Crippen LogP contribution in [0.15, 0.2) is 0 Å². The Balaban J connectivity index is 2.65. The van der Waals surface area contributed by atoms with Gasteiger partial charge in [-0.2, -0.15) is 0 Å². The van der Waals surface area contributed by atoms with Gasteiger partial charge < -0.3 is 43.7 Å². The highest BCUT2D eigenvalue weighted by atomic mass is 16.7. The van der Waals surface area contributed by atoms with Gasteiger partial charge in [0.1, 0.15) is 23.7 Å². The number of nitrogens with zero attached hydrogens (tertiary/aromatic N) is 2. The number of cyclic esters (lactones) is 1. The van der Waals surface area contributed by atoms with Gasteiger partial charge >= 0.3 is 11.9 Å². The molecule has 2 aliphatic rings. The van der Waals surface area contributed by atoms with Crippen molar-refractivity contribution < 1.29 is 48.3 Å². The van der Waals surface area contributed by atoms with Gasteiger partial charge in [0.25, 0.3) is 0 Å². The molecule has 2 rings (SSSR count). The van der Waals surface area contributed by atoms with Crippen LogP contribution in [0.5, 0.6) is 0 Å². The molecule has 2 aliphatic heterocycles. The van der Waals surface area contributed by atoms with Gasteiger partial charge in [-0.05, 0) is 80.9 Å². The van der Waals surface area contributed by atoms with E-state index in [0.29, 0.717) is 19.4 Å². The number of methoxy groups -OCH3 is 1. The van der Waals surface area contributed by atoms with Crippen molar-refractivity contribution in [2.24, 2.45) is 17.8 Å². The predicted molar refractivity (Wildman–Crippen MR) is 168 cm³/mol. The molecule has 12 nitrogen and oxygen atoms in total. The Hall–Kier alpha value is -1.67. The molecule has 262 valence electrons. The highest BCUT2D eigenvalue weighted by Gasteiger charge is 2.51. The monoisotopic (exact) mass is 644 g/mol. The molecule has 5 unspecified atom stereocenters. The lowest BCUT2D eigenvalue weighted by molar-refractivity contribution is -0.298. The molecule has 0 aromatic carbocycles. The summed E-state index contributed by atoms with van der Waals surface area (Å²) in [6.07, 6.45) is -3.99. The minimum absolute atomic E-state index is 0.0275. The van der Waals surface area contributed by atoms with Gasteiger partial charge in [0, 0.05) is 32.5 Å². The Morgan fingerprint density at radius 1 is 1.13 bits per heavy atom. The maximum Gasteiger partial charge on any atom is 0.316 e. The van der Waals surface area contributed by atoms with E-state index in [0.717, 1.165) is 0 Å². The zero-order valence-electron chi connectivity index (χ0n) is 29.7. The van der Waals surface area contributed by atoms with Crippen LogP contribution in [0.3, 0.4) is 0 Å². The molecule has 2 fully saturated rings. The van der Waals surface area contributed by atoms with Crippen molar-refractivity contribution in [2.45, 2.75) is 142 Å². The first-order valence-electron chi connectivity index (χ1n) is 16.3. The van der Waals surface area contributed by atoms with Crippen LogP contribution in [0.4, 0.5) is 0 Å². The molecule has 0 aliphatic carbocycles. The van der Waals surface area contributed by atoms with E-state index in [1.54, 1.807) is 21.0 Å². The van der Waals surface area contributed by atoms with Crippen molar-refractivity contribution in [3.63, 3.8) is 0 Å². The van der Waals surface area contributed by atoms with E-state index in [2.05, 4.69) is 0 Å². The highest BCUT2D eigenvalue weighted by molar-refractivity contribution is 6.00. The van der Waals surface area contributed by atoms with Gasteiger partial charge in [-0.1, -0.05) is 20.8 Å². The van der Waals surface area contributed by atoms with E-state index in [1.807, 2.05) is 58.6 Å². The summed E-state index contributed by atoms with van der Waals surface area (Å²) in [4.78, 5) is 43.6. The molecule has 0 spiro atoms. The quantitative estimate of drug-likeness (QED) is 0.324. The average molecular weight is 645 g/mol. The van der Waals surface area contributed by atoms with Gasteiger partial charge in [0.15, 0.2) is 18.2 Å². The van der Waals surface area contributed by atoms with E-state index in [-0.39, 0.29) is 24.5 Å². The third-order valence-electron chi connectivity index (χ3n) is 9.97. The number of aliphatic hydroxyl groups is 2. The summed E-state index contributed by atoms with van der Waals surface area (Å²) in [6.45, 7) is 15.9. The van der Waals surface area contributed by atoms with Crippen LogP contribution in [-0.4, -0.2) is 133 Å². The van der Waals surface area contributed by atoms with Crippen molar-refractivity contribution in [3.8, 4) is 0 Å². The first kappa shape index (κ1) is 39.5. The summed E-state index contributed by atoms with van der Waals surface area (Å²) < 4.78 is 30.6. The first-order valence-corrected chi connectivity index (χ1v) is 16.3. The fraction of sp³-hybridized carbons (Fsp3) is 0.909. The fourth-order valence-corrected chi connectivity index (χ4v) is 7.06. The molecule has 0 aromatic heterocycles. The second kappa shape index (κ2) is 16.0. The van der Waals surface area contributed by atoms with Crippen LogP contribution in [0.25, 0.3) is 0 Å². The Morgan fingerprint density at radius 3 is 2.24 bits per heavy atom. The number of esters is 2. The Kier molecular flexibility index (Phi) is 14.0. The number of ether oxygens (including phenoxy) is 5. The normalized spacial score (nSPS) is 43.3. The highest BCUT2D eigenvalue weighted by Crippen LogP contribution is 2.37. The van der Waals surface area contributed by atoms with Gasteiger partial charge in [-0.3, -0.25) is 14.4 Å². The first-order chi connectivity index (χ1) is 20.7. The molecular formula is C33H60N2O10. The van der Waals surface area contributed by atoms with Crippen LogP contribution in [0, 0.1) is 17.8 Å². The fourth-order valence-electron chi connectivity index (χ4n) is 7.06. The smallest absolute Gasteiger partial charge is 0.316 e. The van der Waals surface area contributed by atoms with Crippen molar-refractivity contribution in [1.29, 1.82) is 0 Å². The molecule has 13 atom stereocenters. The molecular weight excluding hydrogens is 584 g/mol. The third-order valence-corrected chi connectivity index (χ3v) is 9.97. The van der Waals surface area contributed by atoms with E-state index in [9.17, 15) is 24.6 Å². The summed E-state index contributed by atoms with van der Waals surface area (Å²) in [7, 11) is 7.22. The van der Waals surface area contributed by atoms with Crippen LogP contribution >= 0.6 is 0 Å². The standard InChI is InChI=1S/C33H60N2O10/c1-14-25-33(9,40)28(38)22(6)35(12)17-18(2)16-32(8,41-13)29(20(4)26(37)21(5)30(39)44-25)45-31-27(43-23(7)36)24(34(10)11)15-19(3)42-31/h18-22,24-25,27-29,31,38,40H,14-17H2,1-13H3/t18-,19-,20+,21-,22-,24?,25-,27?,28?,29?,31?,32-,33-/m1/s1. The zero-order valence-corrected chi connectivity index (χ0v) is 29.7. The zero-order chi connectivity index (χ0) is 34.6. The summed E-state index contributed by atoms with van der Waals surface area (Å²) in [5.74, 6) is -3.84. The van der Waals surface area contributed by atoms with Crippen molar-refractivity contribution in [1.82, 2.24) is 9.80 Å². The van der Waals surface area contributed by atoms with E-state index in [1.165, 1.54) is 20.8 Å². The Labute approximate surface area is 270 Å². The second-order valence-electron chi connectivity index (χ2n) is 14.1. The van der Waals surface area contributed by atoms with E-state index < -0.39 is 77.5 Å². The number of likely N-dealkylation sites (N-methyl/N-ethyl adjacent to an activating group) is 2. The number of hydrogen-bond acceptors (Lipinski definition) is 12. The lowest BCUT2D eigenvalue weighted by Crippen LogP contribution is -2.60. The largest absolute Gasteiger partial charge is 0.459 e. The number of hydrogen-bond donors (Lipinski definition) is 2. The summed E-state index contributed by atoms with van der Waals surface area (Å²) >= 11 is 0. The third kappa shape index (κ3) is 9.24. The van der Waals surface area contributed by atoms with Crippen molar-refractivity contribution >= 4 is 17.7 Å². The van der Waals surface area contributed by atoms with Crippen LogP contribution in [-0.2, 0) is 38.1 Å². The molecule has 0 saturated carbocycles. The van der Waals surface area contributed by atoms with Gasteiger partial charge in [-0.15, -0.1) is 0 Å². The molecule has 0 bridgehead atoms. The lowest BCUT2D eigenvalue weighted by atomic mass is 9.78. The summed E-state index contributed by atoms with van der Waals surface area (Å²) in [6, 6.07) is -0.707. The number of carbonyl (C=O) groups is 3. The summed E-state index contributed by atoms with van der Waals surface area (Å²) in [5.41, 5.74) is -2.83. The van der Waals surface area contributed by atoms with E-state index in [4.69, 9.17) is 23.7 Å². The van der Waals surface area contributed by atoms with E-state index >= 15 is 0 Å². The number of aliphatic hydroxyl groups excluding tert-OH is 1. The molecule has 2 heterocycles. The minimum atomic E-state index is -1.77. The van der Waals surface area contributed by atoms with Gasteiger partial charge in [0.2, 0.25) is 0 Å². The SMILES string of the molecule is CC[C@H]1OC(=O)[C@H](C)C(=O)[C@H](C)C(OC2O[C@H](C)CC(N(C)C)C2OC(C)=O)[C@](C)(OC)C[C@@H](C)CN(C)[C@H](C)C(O)[C@]1(C)O. The molecule has 2 saturated heterocycles. The average Bonchev–Trinajstić information content (AvgIpc) is 2.96. The van der Waals surface area contributed by atoms with Crippen molar-refractivity contribution in [3.05, 3.63) is 0 Å². The number of carbonyl (C=O) groups excluding carboxylic acids is 3. The van der Waals surface area contributed by atoms with Crippen LogP contribution in [0.2, 0.25) is 0 Å². The number of rotatable bonds is 6. The Morgan fingerprint density at radius 2 is 1.73 bits per heavy atom. The van der Waals surface area contributed by atoms with Crippen LogP contribution in [0.1, 0.15) is 81.6 Å². The maximum atomic E-state index is 14.1. The number of Topliss-reactive ketones (excluding diaryl/α,β-unsaturated/α-hetero) is 1.